The van der Waals surface area contributed by atoms with Crippen LogP contribution in [0.4, 0.5) is 5.69 Å². The van der Waals surface area contributed by atoms with Gasteiger partial charge in [-0.3, -0.25) is 4.79 Å². The number of nitrogens with one attached hydrogen (secondary N) is 1. The standard InChI is InChI=1S/C20H14Cl3NO2/c21-15-8-9-18(23)19(11-15)24-20(25)13-5-3-6-16(10-13)26-12-14-4-1-2-7-17(14)22/h1-11H,12H2,(H,24,25). The first-order valence-electron chi connectivity index (χ1n) is 7.75. The van der Waals surface area contributed by atoms with Crippen molar-refractivity contribution in [1.29, 1.82) is 0 Å². The molecule has 0 fully saturated rings. The first kappa shape index (κ1) is 18.6. The molecule has 0 saturated heterocycles. The lowest BCUT2D eigenvalue weighted by atomic mass is 10.2. The summed E-state index contributed by atoms with van der Waals surface area (Å²) < 4.78 is 5.75. The van der Waals surface area contributed by atoms with Gasteiger partial charge in [-0.25, -0.2) is 0 Å². The molecule has 0 spiro atoms. The highest BCUT2D eigenvalue weighted by molar-refractivity contribution is 6.36. The van der Waals surface area contributed by atoms with Crippen molar-refractivity contribution in [3.05, 3.63) is 92.9 Å². The summed E-state index contributed by atoms with van der Waals surface area (Å²) in [6, 6.07) is 19.2. The maximum atomic E-state index is 12.5. The summed E-state index contributed by atoms with van der Waals surface area (Å²) >= 11 is 18.1. The van der Waals surface area contributed by atoms with Gasteiger partial charge in [0.15, 0.2) is 0 Å². The number of hydrogen-bond donors (Lipinski definition) is 1. The van der Waals surface area contributed by atoms with Crippen molar-refractivity contribution in [1.82, 2.24) is 0 Å². The molecule has 6 heteroatoms. The molecule has 1 amide bonds. The maximum Gasteiger partial charge on any atom is 0.255 e. The van der Waals surface area contributed by atoms with E-state index in [1.165, 1.54) is 0 Å². The first-order chi connectivity index (χ1) is 12.5. The Balaban J connectivity index is 1.71. The summed E-state index contributed by atoms with van der Waals surface area (Å²) in [6.45, 7) is 0.310. The Hall–Kier alpha value is -2.20. The second kappa shape index (κ2) is 8.45. The van der Waals surface area contributed by atoms with Crippen LogP contribution in [0.25, 0.3) is 0 Å². The fourth-order valence-corrected chi connectivity index (χ4v) is 2.82. The number of benzene rings is 3. The van der Waals surface area contributed by atoms with Gasteiger partial charge in [0, 0.05) is 21.2 Å². The van der Waals surface area contributed by atoms with Crippen LogP contribution in [0.5, 0.6) is 5.75 Å². The van der Waals surface area contributed by atoms with Crippen molar-refractivity contribution in [3.8, 4) is 5.75 Å². The second-order valence-electron chi connectivity index (χ2n) is 5.49. The lowest BCUT2D eigenvalue weighted by molar-refractivity contribution is 0.102. The summed E-state index contributed by atoms with van der Waals surface area (Å²) in [4.78, 5) is 12.5. The number of carbonyl (C=O) groups is 1. The molecule has 0 aromatic heterocycles. The quantitative estimate of drug-likeness (QED) is 0.526. The van der Waals surface area contributed by atoms with Gasteiger partial charge >= 0.3 is 0 Å². The Morgan fingerprint density at radius 3 is 2.50 bits per heavy atom. The lowest BCUT2D eigenvalue weighted by Crippen LogP contribution is -2.12. The van der Waals surface area contributed by atoms with Crippen LogP contribution < -0.4 is 10.1 Å². The number of anilines is 1. The van der Waals surface area contributed by atoms with Crippen LogP contribution in [0.1, 0.15) is 15.9 Å². The number of amides is 1. The molecular weight excluding hydrogens is 393 g/mol. The molecule has 0 radical (unpaired) electrons. The van der Waals surface area contributed by atoms with E-state index >= 15 is 0 Å². The maximum absolute atomic E-state index is 12.5. The number of rotatable bonds is 5. The third kappa shape index (κ3) is 4.70. The number of halogens is 3. The van der Waals surface area contributed by atoms with E-state index < -0.39 is 0 Å². The van der Waals surface area contributed by atoms with E-state index in [1.54, 1.807) is 48.5 Å². The normalized spacial score (nSPS) is 10.4. The Morgan fingerprint density at radius 1 is 0.885 bits per heavy atom. The summed E-state index contributed by atoms with van der Waals surface area (Å²) in [5.41, 5.74) is 1.76. The molecule has 0 heterocycles. The van der Waals surface area contributed by atoms with Crippen LogP contribution >= 0.6 is 34.8 Å². The molecule has 1 N–H and O–H groups in total. The van der Waals surface area contributed by atoms with Gasteiger partial charge in [-0.1, -0.05) is 59.1 Å². The Bertz CT molecular complexity index is 944. The number of carbonyl (C=O) groups excluding carboxylic acids is 1. The molecule has 3 aromatic rings. The van der Waals surface area contributed by atoms with E-state index in [0.29, 0.717) is 38.7 Å². The van der Waals surface area contributed by atoms with Gasteiger partial charge in [0.2, 0.25) is 0 Å². The third-order valence-electron chi connectivity index (χ3n) is 3.63. The predicted octanol–water partition coefficient (Wildman–Crippen LogP) is 6.48. The fourth-order valence-electron chi connectivity index (χ4n) is 2.29. The lowest BCUT2D eigenvalue weighted by Gasteiger charge is -2.10. The van der Waals surface area contributed by atoms with Crippen molar-refractivity contribution in [2.24, 2.45) is 0 Å². The van der Waals surface area contributed by atoms with Crippen LogP contribution in [0, 0.1) is 0 Å². The van der Waals surface area contributed by atoms with Gasteiger partial charge < -0.3 is 10.1 Å². The Labute approximate surface area is 166 Å². The smallest absolute Gasteiger partial charge is 0.255 e. The highest BCUT2D eigenvalue weighted by atomic mass is 35.5. The Kier molecular flexibility index (Phi) is 6.04. The largest absolute Gasteiger partial charge is 0.489 e. The number of ether oxygens (including phenoxy) is 1. The molecule has 0 atom stereocenters. The highest BCUT2D eigenvalue weighted by Crippen LogP contribution is 2.26. The van der Waals surface area contributed by atoms with E-state index in [4.69, 9.17) is 39.5 Å². The van der Waals surface area contributed by atoms with Crippen LogP contribution in [-0.4, -0.2) is 5.91 Å². The molecule has 0 bridgehead atoms. The molecule has 0 unspecified atom stereocenters. The Morgan fingerprint density at radius 2 is 1.69 bits per heavy atom. The molecule has 0 aliphatic carbocycles. The van der Waals surface area contributed by atoms with Gasteiger partial charge in [-0.15, -0.1) is 0 Å². The average Bonchev–Trinajstić information content (AvgIpc) is 2.64. The summed E-state index contributed by atoms with van der Waals surface area (Å²) in [6.07, 6.45) is 0. The molecule has 3 nitrogen and oxygen atoms in total. The minimum absolute atomic E-state index is 0.308. The molecule has 3 rings (SSSR count). The summed E-state index contributed by atoms with van der Waals surface area (Å²) in [5, 5.41) is 4.28. The average molecular weight is 407 g/mol. The van der Waals surface area contributed by atoms with Crippen molar-refractivity contribution < 1.29 is 9.53 Å². The monoisotopic (exact) mass is 405 g/mol. The fraction of sp³-hybridized carbons (Fsp3) is 0.0500. The van der Waals surface area contributed by atoms with Crippen molar-refractivity contribution in [3.63, 3.8) is 0 Å². The zero-order chi connectivity index (χ0) is 18.5. The molecule has 26 heavy (non-hydrogen) atoms. The zero-order valence-corrected chi connectivity index (χ0v) is 15.8. The van der Waals surface area contributed by atoms with E-state index in [9.17, 15) is 4.79 Å². The van der Waals surface area contributed by atoms with Crippen molar-refractivity contribution >= 4 is 46.4 Å². The van der Waals surface area contributed by atoms with Crippen molar-refractivity contribution in [2.45, 2.75) is 6.61 Å². The van der Waals surface area contributed by atoms with Gasteiger partial charge in [-0.05, 0) is 42.5 Å². The summed E-state index contributed by atoms with van der Waals surface area (Å²) in [5.74, 6) is 0.257. The van der Waals surface area contributed by atoms with E-state index in [1.807, 2.05) is 18.2 Å². The van der Waals surface area contributed by atoms with Crippen LogP contribution in [0.2, 0.25) is 15.1 Å². The molecule has 0 aliphatic rings. The number of hydrogen-bond acceptors (Lipinski definition) is 2. The first-order valence-corrected chi connectivity index (χ1v) is 8.89. The van der Waals surface area contributed by atoms with Gasteiger partial charge in [0.25, 0.3) is 5.91 Å². The van der Waals surface area contributed by atoms with Gasteiger partial charge in [0.05, 0.1) is 10.7 Å². The molecule has 0 aliphatic heterocycles. The molecule has 3 aromatic carbocycles. The molecule has 132 valence electrons. The zero-order valence-electron chi connectivity index (χ0n) is 13.5. The topological polar surface area (TPSA) is 38.3 Å². The van der Waals surface area contributed by atoms with Crippen LogP contribution in [-0.2, 0) is 6.61 Å². The van der Waals surface area contributed by atoms with Gasteiger partial charge in [0.1, 0.15) is 12.4 Å². The molecular formula is C20H14Cl3NO2. The van der Waals surface area contributed by atoms with E-state index in [0.717, 1.165) is 5.56 Å². The minimum Gasteiger partial charge on any atom is -0.489 e. The van der Waals surface area contributed by atoms with E-state index in [2.05, 4.69) is 5.32 Å². The van der Waals surface area contributed by atoms with E-state index in [-0.39, 0.29) is 5.91 Å². The highest BCUT2D eigenvalue weighted by Gasteiger charge is 2.10. The minimum atomic E-state index is -0.308. The summed E-state index contributed by atoms with van der Waals surface area (Å²) in [7, 11) is 0. The molecule has 0 saturated carbocycles. The third-order valence-corrected chi connectivity index (χ3v) is 4.56. The SMILES string of the molecule is O=C(Nc1cc(Cl)ccc1Cl)c1cccc(OCc2ccccc2Cl)c1. The van der Waals surface area contributed by atoms with Crippen LogP contribution in [0.15, 0.2) is 66.7 Å². The second-order valence-corrected chi connectivity index (χ2v) is 6.74. The van der Waals surface area contributed by atoms with Crippen LogP contribution in [0.3, 0.4) is 0 Å². The predicted molar refractivity (Wildman–Crippen MR) is 107 cm³/mol. The van der Waals surface area contributed by atoms with Crippen molar-refractivity contribution in [2.75, 3.05) is 5.32 Å². The van der Waals surface area contributed by atoms with Gasteiger partial charge in [-0.2, -0.15) is 0 Å².